The molecule has 0 aliphatic carbocycles. The Bertz CT molecular complexity index is 1380. The second-order valence-electron chi connectivity index (χ2n) is 9.31. The number of alkyl halides is 4. The number of imidazole rings is 1. The highest BCUT2D eigenvalue weighted by molar-refractivity contribution is 6.06. The van der Waals surface area contributed by atoms with Gasteiger partial charge < -0.3 is 14.1 Å². The van der Waals surface area contributed by atoms with Crippen molar-refractivity contribution < 1.29 is 31.9 Å². The Morgan fingerprint density at radius 1 is 1.11 bits per heavy atom. The van der Waals surface area contributed by atoms with E-state index in [9.17, 15) is 27.5 Å². The molecular weight excluding hydrogens is 466 g/mol. The maximum atomic E-state index is 14.0. The fourth-order valence-corrected chi connectivity index (χ4v) is 4.11. The molecule has 0 spiro atoms. The van der Waals surface area contributed by atoms with E-state index in [1.54, 1.807) is 6.07 Å². The largest absolute Gasteiger partial charge is 0.480 e. The number of halogens is 4. The van der Waals surface area contributed by atoms with Gasteiger partial charge >= 0.3 is 12.1 Å². The van der Waals surface area contributed by atoms with Gasteiger partial charge in [-0.25, -0.2) is 9.37 Å². The summed E-state index contributed by atoms with van der Waals surface area (Å²) < 4.78 is 63.6. The number of hydrogen-bond acceptors (Lipinski definition) is 4. The molecule has 0 aliphatic heterocycles. The van der Waals surface area contributed by atoms with E-state index >= 15 is 0 Å². The summed E-state index contributed by atoms with van der Waals surface area (Å²) in [5.74, 6) is -0.727. The Labute approximate surface area is 198 Å². The van der Waals surface area contributed by atoms with E-state index in [1.807, 2.05) is 36.9 Å². The highest BCUT2D eigenvalue weighted by atomic mass is 19.4. The van der Waals surface area contributed by atoms with Crippen LogP contribution in [0.15, 0.2) is 47.0 Å². The predicted molar refractivity (Wildman–Crippen MR) is 124 cm³/mol. The number of carboxylic acids is 1. The van der Waals surface area contributed by atoms with Crippen LogP contribution in [0.1, 0.15) is 37.7 Å². The highest BCUT2D eigenvalue weighted by Gasteiger charge is 2.44. The van der Waals surface area contributed by atoms with E-state index in [1.165, 1.54) is 18.2 Å². The number of benzene rings is 2. The van der Waals surface area contributed by atoms with Gasteiger partial charge in [0.05, 0.1) is 5.69 Å². The standard InChI is InChI=1S/C25H25F4N3O3/c1-13-30-19(12-32(13)4)14-6-8-20-17(9-14)16-7-5-15(10-21(16)35-20)22(25(27,28)29)31-18(23(33)34)11-24(2,3)26/h5-10,12,18,22,31H,11H2,1-4H3,(H,33,34). The van der Waals surface area contributed by atoms with Crippen LogP contribution in [0, 0.1) is 6.92 Å². The third kappa shape index (κ3) is 5.17. The normalized spacial score (nSPS) is 14.5. The Morgan fingerprint density at radius 3 is 2.40 bits per heavy atom. The number of nitrogens with zero attached hydrogens (tertiary/aromatic N) is 2. The van der Waals surface area contributed by atoms with Crippen molar-refractivity contribution in [3.8, 4) is 11.3 Å². The molecule has 2 heterocycles. The summed E-state index contributed by atoms with van der Waals surface area (Å²) in [6.45, 7) is 4.12. The first kappa shape index (κ1) is 24.7. The topological polar surface area (TPSA) is 80.3 Å². The SMILES string of the molecule is Cc1nc(-c2ccc3oc4cc(C(NC(CC(C)(C)F)C(=O)O)C(F)(F)F)ccc4c3c2)cn1C. The first-order valence-corrected chi connectivity index (χ1v) is 10.9. The van der Waals surface area contributed by atoms with Crippen LogP contribution in [-0.4, -0.2) is 38.5 Å². The van der Waals surface area contributed by atoms with E-state index in [-0.39, 0.29) is 11.1 Å². The Hall–Kier alpha value is -3.40. The van der Waals surface area contributed by atoms with Crippen LogP contribution in [0.3, 0.4) is 0 Å². The number of aromatic nitrogens is 2. The molecule has 0 amide bonds. The summed E-state index contributed by atoms with van der Waals surface area (Å²) in [7, 11) is 1.88. The fraction of sp³-hybridized carbons (Fsp3) is 0.360. The number of rotatable bonds is 7. The molecule has 2 atom stereocenters. The molecule has 2 aromatic carbocycles. The van der Waals surface area contributed by atoms with Gasteiger partial charge in [0.25, 0.3) is 0 Å². The summed E-state index contributed by atoms with van der Waals surface area (Å²) >= 11 is 0. The molecule has 0 bridgehead atoms. The Kier molecular flexibility index (Phi) is 6.12. The first-order valence-electron chi connectivity index (χ1n) is 10.9. The van der Waals surface area contributed by atoms with Crippen molar-refractivity contribution in [2.24, 2.45) is 7.05 Å². The lowest BCUT2D eigenvalue weighted by molar-refractivity contribution is -0.164. The van der Waals surface area contributed by atoms with Crippen molar-refractivity contribution >= 4 is 27.9 Å². The van der Waals surface area contributed by atoms with E-state index in [0.29, 0.717) is 16.4 Å². The summed E-state index contributed by atoms with van der Waals surface area (Å²) in [5, 5.41) is 12.8. The first-order chi connectivity index (χ1) is 16.2. The lowest BCUT2D eigenvalue weighted by Gasteiger charge is -2.28. The van der Waals surface area contributed by atoms with E-state index in [0.717, 1.165) is 30.9 Å². The molecule has 0 fully saturated rings. The average molecular weight is 491 g/mol. The highest BCUT2D eigenvalue weighted by Crippen LogP contribution is 2.38. The maximum Gasteiger partial charge on any atom is 0.407 e. The van der Waals surface area contributed by atoms with Crippen LogP contribution in [0.25, 0.3) is 33.2 Å². The third-order valence-electron chi connectivity index (χ3n) is 5.92. The number of furan rings is 1. The summed E-state index contributed by atoms with van der Waals surface area (Å²) in [4.78, 5) is 16.1. The van der Waals surface area contributed by atoms with Crippen molar-refractivity contribution in [2.75, 3.05) is 0 Å². The average Bonchev–Trinajstić information content (AvgIpc) is 3.27. The van der Waals surface area contributed by atoms with Crippen LogP contribution >= 0.6 is 0 Å². The molecule has 35 heavy (non-hydrogen) atoms. The molecule has 0 aliphatic rings. The minimum Gasteiger partial charge on any atom is -0.480 e. The molecule has 4 rings (SSSR count). The van der Waals surface area contributed by atoms with E-state index in [4.69, 9.17) is 4.42 Å². The molecule has 186 valence electrons. The van der Waals surface area contributed by atoms with Crippen molar-refractivity contribution in [2.45, 2.75) is 51.1 Å². The monoisotopic (exact) mass is 491 g/mol. The molecule has 10 heteroatoms. The Balaban J connectivity index is 1.74. The molecule has 0 saturated heterocycles. The van der Waals surface area contributed by atoms with E-state index < -0.39 is 36.3 Å². The zero-order valence-electron chi connectivity index (χ0n) is 19.6. The van der Waals surface area contributed by atoms with Crippen LogP contribution in [0.5, 0.6) is 0 Å². The van der Waals surface area contributed by atoms with Crippen LogP contribution < -0.4 is 5.32 Å². The molecule has 2 N–H and O–H groups in total. The number of carboxylic acid groups (broad SMARTS) is 1. The molecular formula is C25H25F4N3O3. The minimum absolute atomic E-state index is 0.223. The molecule has 2 unspecified atom stereocenters. The van der Waals surface area contributed by atoms with Crippen LogP contribution in [0.4, 0.5) is 17.6 Å². The fourth-order valence-electron chi connectivity index (χ4n) is 4.11. The van der Waals surface area contributed by atoms with Gasteiger partial charge in [-0.05, 0) is 50.6 Å². The van der Waals surface area contributed by atoms with Gasteiger partial charge in [0.15, 0.2) is 0 Å². The second-order valence-corrected chi connectivity index (χ2v) is 9.31. The smallest absolute Gasteiger partial charge is 0.407 e. The number of aryl methyl sites for hydroxylation is 2. The molecule has 2 aromatic heterocycles. The number of nitrogens with one attached hydrogen (secondary N) is 1. The molecule has 0 radical (unpaired) electrons. The van der Waals surface area contributed by atoms with Crippen molar-refractivity contribution in [3.05, 3.63) is 54.0 Å². The lowest BCUT2D eigenvalue weighted by Crippen LogP contribution is -2.47. The van der Waals surface area contributed by atoms with Gasteiger partial charge in [-0.15, -0.1) is 0 Å². The van der Waals surface area contributed by atoms with Crippen molar-refractivity contribution in [1.29, 1.82) is 0 Å². The van der Waals surface area contributed by atoms with Gasteiger partial charge in [-0.3, -0.25) is 10.1 Å². The zero-order chi connectivity index (χ0) is 25.7. The lowest BCUT2D eigenvalue weighted by atomic mass is 9.97. The quantitative estimate of drug-likeness (QED) is 0.306. The van der Waals surface area contributed by atoms with Gasteiger partial charge in [-0.1, -0.05) is 12.1 Å². The molecule has 6 nitrogen and oxygen atoms in total. The van der Waals surface area contributed by atoms with Crippen LogP contribution in [0.2, 0.25) is 0 Å². The van der Waals surface area contributed by atoms with Crippen molar-refractivity contribution in [1.82, 2.24) is 14.9 Å². The minimum atomic E-state index is -4.82. The molecule has 4 aromatic rings. The zero-order valence-corrected chi connectivity index (χ0v) is 19.6. The van der Waals surface area contributed by atoms with Gasteiger partial charge in [0.1, 0.15) is 34.7 Å². The summed E-state index contributed by atoms with van der Waals surface area (Å²) in [6, 6.07) is 5.39. The number of fused-ring (bicyclic) bond motifs is 3. The number of carbonyl (C=O) groups is 1. The predicted octanol–water partition coefficient (Wildman–Crippen LogP) is 6.08. The Morgan fingerprint density at radius 2 is 1.83 bits per heavy atom. The van der Waals surface area contributed by atoms with Gasteiger partial charge in [-0.2, -0.15) is 13.2 Å². The molecule has 0 saturated carbocycles. The van der Waals surface area contributed by atoms with Crippen molar-refractivity contribution in [3.63, 3.8) is 0 Å². The van der Waals surface area contributed by atoms with Gasteiger partial charge in [0, 0.05) is 36.0 Å². The third-order valence-corrected chi connectivity index (χ3v) is 5.92. The van der Waals surface area contributed by atoms with Crippen LogP contribution in [-0.2, 0) is 11.8 Å². The summed E-state index contributed by atoms with van der Waals surface area (Å²) in [5.41, 5.74) is 0.107. The second kappa shape index (κ2) is 8.67. The summed E-state index contributed by atoms with van der Waals surface area (Å²) in [6.07, 6.45) is -3.57. The number of aliphatic carboxylic acids is 1. The van der Waals surface area contributed by atoms with E-state index in [2.05, 4.69) is 10.3 Å². The number of hydrogen-bond donors (Lipinski definition) is 2. The maximum absolute atomic E-state index is 14.0. The van der Waals surface area contributed by atoms with Gasteiger partial charge in [0.2, 0.25) is 0 Å².